The lowest BCUT2D eigenvalue weighted by atomic mass is 9.79. The predicted molar refractivity (Wildman–Crippen MR) is 76.9 cm³/mol. The zero-order chi connectivity index (χ0) is 13.2. The van der Waals surface area contributed by atoms with Gasteiger partial charge in [-0.15, -0.1) is 0 Å². The summed E-state index contributed by atoms with van der Waals surface area (Å²) in [4.78, 5) is 0. The number of benzene rings is 1. The third-order valence-corrected chi connectivity index (χ3v) is 4.19. The molecule has 3 rings (SSSR count). The van der Waals surface area contributed by atoms with Crippen LogP contribution in [0.2, 0.25) is 0 Å². The van der Waals surface area contributed by atoms with Crippen LogP contribution in [0.25, 0.3) is 0 Å². The molecule has 0 radical (unpaired) electrons. The smallest absolute Gasteiger partial charge is 0.0537 e. The summed E-state index contributed by atoms with van der Waals surface area (Å²) in [5, 5.41) is 4.21. The minimum absolute atomic E-state index is 0.0878. The molecule has 2 aromatic rings. The molecule has 19 heavy (non-hydrogen) atoms. The number of nitrogens with zero attached hydrogens (tertiary/aromatic N) is 2. The minimum Gasteiger partial charge on any atom is -0.324 e. The first-order valence-corrected chi connectivity index (χ1v) is 7.06. The van der Waals surface area contributed by atoms with Crippen LogP contribution in [0.5, 0.6) is 0 Å². The van der Waals surface area contributed by atoms with Crippen LogP contribution >= 0.6 is 0 Å². The normalized spacial score (nSPS) is 20.0. The number of fused-ring (bicyclic) bond motifs is 1. The van der Waals surface area contributed by atoms with E-state index in [-0.39, 0.29) is 6.04 Å². The third-order valence-electron chi connectivity index (χ3n) is 4.19. The highest BCUT2D eigenvalue weighted by molar-refractivity contribution is 5.33. The number of aryl methyl sites for hydroxylation is 2. The first kappa shape index (κ1) is 12.4. The second kappa shape index (κ2) is 5.17. The molecule has 2 atom stereocenters. The lowest BCUT2D eigenvalue weighted by Crippen LogP contribution is -2.17. The lowest BCUT2D eigenvalue weighted by Gasteiger charge is -2.27. The molecule has 1 aromatic heterocycles. The van der Waals surface area contributed by atoms with Gasteiger partial charge in [0.25, 0.3) is 0 Å². The summed E-state index contributed by atoms with van der Waals surface area (Å²) < 4.78 is 1.82. The Morgan fingerprint density at radius 2 is 2.26 bits per heavy atom. The highest BCUT2D eigenvalue weighted by atomic mass is 15.2. The van der Waals surface area contributed by atoms with E-state index in [2.05, 4.69) is 29.4 Å². The van der Waals surface area contributed by atoms with Gasteiger partial charge in [0.2, 0.25) is 0 Å². The molecule has 0 saturated carbocycles. The Balaban J connectivity index is 1.77. The van der Waals surface area contributed by atoms with Gasteiger partial charge in [-0.1, -0.05) is 24.3 Å². The van der Waals surface area contributed by atoms with Crippen LogP contribution in [-0.2, 0) is 13.5 Å². The monoisotopic (exact) mass is 255 g/mol. The van der Waals surface area contributed by atoms with Crippen molar-refractivity contribution in [3.8, 4) is 0 Å². The van der Waals surface area contributed by atoms with Gasteiger partial charge in [0.15, 0.2) is 0 Å². The Hall–Kier alpha value is -1.61. The van der Waals surface area contributed by atoms with Crippen molar-refractivity contribution in [2.45, 2.75) is 37.6 Å². The Labute approximate surface area is 114 Å². The topological polar surface area (TPSA) is 43.8 Å². The molecule has 0 fully saturated rings. The Bertz CT molecular complexity index is 559. The molecule has 2 unspecified atom stereocenters. The molecule has 1 aliphatic rings. The molecule has 1 aromatic carbocycles. The molecular weight excluding hydrogens is 234 g/mol. The van der Waals surface area contributed by atoms with Gasteiger partial charge in [-0.25, -0.2) is 0 Å². The summed E-state index contributed by atoms with van der Waals surface area (Å²) in [5.74, 6) is 0.597. The molecule has 0 spiro atoms. The second-order valence-corrected chi connectivity index (χ2v) is 5.58. The first-order chi connectivity index (χ1) is 9.24. The highest BCUT2D eigenvalue weighted by Crippen LogP contribution is 2.36. The zero-order valence-electron chi connectivity index (χ0n) is 11.4. The molecule has 1 aliphatic carbocycles. The van der Waals surface area contributed by atoms with Gasteiger partial charge < -0.3 is 5.73 Å². The average molecular weight is 255 g/mol. The van der Waals surface area contributed by atoms with Crippen LogP contribution in [0.1, 0.15) is 47.9 Å². The van der Waals surface area contributed by atoms with Crippen LogP contribution in [-0.4, -0.2) is 9.78 Å². The predicted octanol–water partition coefficient (Wildman–Crippen LogP) is 2.93. The fourth-order valence-corrected chi connectivity index (χ4v) is 3.17. The third kappa shape index (κ3) is 2.56. The number of hydrogen-bond acceptors (Lipinski definition) is 2. The van der Waals surface area contributed by atoms with Crippen LogP contribution in [0, 0.1) is 0 Å². The second-order valence-electron chi connectivity index (χ2n) is 5.58. The molecule has 0 bridgehead atoms. The quantitative estimate of drug-likeness (QED) is 0.916. The molecule has 3 nitrogen and oxygen atoms in total. The van der Waals surface area contributed by atoms with E-state index >= 15 is 0 Å². The van der Waals surface area contributed by atoms with Crippen molar-refractivity contribution in [2.75, 3.05) is 0 Å². The van der Waals surface area contributed by atoms with E-state index in [4.69, 9.17) is 5.73 Å². The van der Waals surface area contributed by atoms with E-state index in [1.807, 2.05) is 24.1 Å². The Kier molecular flexibility index (Phi) is 3.38. The Morgan fingerprint density at radius 3 is 3.05 bits per heavy atom. The van der Waals surface area contributed by atoms with Gasteiger partial charge in [-0.05, 0) is 42.7 Å². The molecular formula is C16H21N3. The molecule has 1 heterocycles. The summed E-state index contributed by atoms with van der Waals surface area (Å²) in [7, 11) is 1.94. The van der Waals surface area contributed by atoms with Gasteiger partial charge >= 0.3 is 0 Å². The SMILES string of the molecule is Cn1cc(C(N)CC2CCCc3ccccc32)cn1. The van der Waals surface area contributed by atoms with Crippen molar-refractivity contribution in [3.05, 3.63) is 53.3 Å². The van der Waals surface area contributed by atoms with Crippen molar-refractivity contribution in [1.29, 1.82) is 0 Å². The molecule has 0 amide bonds. The maximum atomic E-state index is 6.34. The average Bonchev–Trinajstić information content (AvgIpc) is 2.86. The van der Waals surface area contributed by atoms with Gasteiger partial charge in [-0.3, -0.25) is 4.68 Å². The summed E-state index contributed by atoms with van der Waals surface area (Å²) in [6.45, 7) is 0. The van der Waals surface area contributed by atoms with Crippen LogP contribution in [0.4, 0.5) is 0 Å². The lowest BCUT2D eigenvalue weighted by molar-refractivity contribution is 0.476. The van der Waals surface area contributed by atoms with Gasteiger partial charge in [-0.2, -0.15) is 5.10 Å². The summed E-state index contributed by atoms with van der Waals surface area (Å²) in [6.07, 6.45) is 8.68. The van der Waals surface area contributed by atoms with Crippen molar-refractivity contribution in [1.82, 2.24) is 9.78 Å². The van der Waals surface area contributed by atoms with E-state index < -0.39 is 0 Å². The molecule has 2 N–H and O–H groups in total. The van der Waals surface area contributed by atoms with Crippen molar-refractivity contribution < 1.29 is 0 Å². The van der Waals surface area contributed by atoms with E-state index in [0.29, 0.717) is 5.92 Å². The van der Waals surface area contributed by atoms with Crippen molar-refractivity contribution >= 4 is 0 Å². The number of rotatable bonds is 3. The Morgan fingerprint density at radius 1 is 1.42 bits per heavy atom. The van der Waals surface area contributed by atoms with Crippen LogP contribution in [0.15, 0.2) is 36.7 Å². The molecule has 0 aliphatic heterocycles. The maximum absolute atomic E-state index is 6.34. The summed E-state index contributed by atoms with van der Waals surface area (Å²) in [6, 6.07) is 8.91. The van der Waals surface area contributed by atoms with Gasteiger partial charge in [0, 0.05) is 24.8 Å². The van der Waals surface area contributed by atoms with Crippen LogP contribution < -0.4 is 5.73 Å². The van der Waals surface area contributed by atoms with Gasteiger partial charge in [0.1, 0.15) is 0 Å². The summed E-state index contributed by atoms with van der Waals surface area (Å²) >= 11 is 0. The minimum atomic E-state index is 0.0878. The van der Waals surface area contributed by atoms with E-state index in [9.17, 15) is 0 Å². The number of aromatic nitrogens is 2. The number of hydrogen-bond donors (Lipinski definition) is 1. The zero-order valence-corrected chi connectivity index (χ0v) is 11.4. The highest BCUT2D eigenvalue weighted by Gasteiger charge is 2.22. The largest absolute Gasteiger partial charge is 0.324 e. The fourth-order valence-electron chi connectivity index (χ4n) is 3.17. The standard InChI is InChI=1S/C16H21N3/c1-19-11-14(10-18-19)16(17)9-13-7-4-6-12-5-2-3-8-15(12)13/h2-3,5,8,10-11,13,16H,4,6-7,9,17H2,1H3. The number of nitrogens with two attached hydrogens (primary N) is 1. The maximum Gasteiger partial charge on any atom is 0.0537 e. The van der Waals surface area contributed by atoms with Crippen molar-refractivity contribution in [2.24, 2.45) is 12.8 Å². The van der Waals surface area contributed by atoms with Crippen LogP contribution in [0.3, 0.4) is 0 Å². The first-order valence-electron chi connectivity index (χ1n) is 7.06. The molecule has 100 valence electrons. The van der Waals surface area contributed by atoms with Gasteiger partial charge in [0.05, 0.1) is 6.20 Å². The fraction of sp³-hybridized carbons (Fsp3) is 0.438. The summed E-state index contributed by atoms with van der Waals surface area (Å²) in [5.41, 5.74) is 10.5. The van der Waals surface area contributed by atoms with Crippen molar-refractivity contribution in [3.63, 3.8) is 0 Å². The van der Waals surface area contributed by atoms with E-state index in [1.165, 1.54) is 30.4 Å². The molecule has 0 saturated heterocycles. The molecule has 3 heteroatoms. The van der Waals surface area contributed by atoms with E-state index in [1.54, 1.807) is 0 Å². The van der Waals surface area contributed by atoms with E-state index in [0.717, 1.165) is 12.0 Å².